The van der Waals surface area contributed by atoms with Crippen LogP contribution in [0.2, 0.25) is 0 Å². The highest BCUT2D eigenvalue weighted by molar-refractivity contribution is 7.89. The summed E-state index contributed by atoms with van der Waals surface area (Å²) in [5.74, 6) is 0.421. The Morgan fingerprint density at radius 1 is 1.06 bits per heavy atom. The van der Waals surface area contributed by atoms with Gasteiger partial charge in [-0.2, -0.15) is 13.2 Å². The van der Waals surface area contributed by atoms with Gasteiger partial charge in [-0.1, -0.05) is 6.07 Å². The van der Waals surface area contributed by atoms with Gasteiger partial charge in [0.05, 0.1) is 16.2 Å². The normalized spacial score (nSPS) is 12.3. The summed E-state index contributed by atoms with van der Waals surface area (Å²) >= 11 is 0. The molecule has 0 amide bonds. The number of benzene rings is 2. The summed E-state index contributed by atoms with van der Waals surface area (Å²) in [6, 6.07) is 12.2. The molecule has 10 heteroatoms. The molecule has 6 nitrogen and oxygen atoms in total. The van der Waals surface area contributed by atoms with E-state index in [0.717, 1.165) is 17.7 Å². The fourth-order valence-corrected chi connectivity index (χ4v) is 3.96. The summed E-state index contributed by atoms with van der Waals surface area (Å²) < 4.78 is 73.1. The largest absolute Gasteiger partial charge is 0.457 e. The molecular formula is C22H18F3N3O3S. The van der Waals surface area contributed by atoms with Crippen LogP contribution in [0.4, 0.5) is 13.2 Å². The van der Waals surface area contributed by atoms with Gasteiger partial charge in [-0.25, -0.2) is 18.1 Å². The maximum Gasteiger partial charge on any atom is 0.416 e. The standard InChI is InChI=1S/C22H18F3N3O3S/c1-14-4-3-11-28-13-19(27-21(14)28)18-12-17(32(29,30)26-2)9-10-20(18)31-16-7-5-15(6-8-16)22(23,24)25/h3-13,26H,1-2H3. The highest BCUT2D eigenvalue weighted by atomic mass is 32.2. The molecule has 0 radical (unpaired) electrons. The number of nitrogens with zero attached hydrogens (tertiary/aromatic N) is 2. The van der Waals surface area contributed by atoms with Crippen LogP contribution in [0.1, 0.15) is 11.1 Å². The number of sulfonamides is 1. The lowest BCUT2D eigenvalue weighted by molar-refractivity contribution is -0.137. The second kappa shape index (κ2) is 7.95. The summed E-state index contributed by atoms with van der Waals surface area (Å²) in [7, 11) is -2.44. The monoisotopic (exact) mass is 461 g/mol. The van der Waals surface area contributed by atoms with Crippen molar-refractivity contribution < 1.29 is 26.3 Å². The Labute approximate surface area is 182 Å². The van der Waals surface area contributed by atoms with E-state index in [1.165, 1.54) is 37.4 Å². The number of pyridine rings is 1. The molecular weight excluding hydrogens is 443 g/mol. The zero-order valence-electron chi connectivity index (χ0n) is 17.0. The van der Waals surface area contributed by atoms with E-state index in [4.69, 9.17) is 4.74 Å². The van der Waals surface area contributed by atoms with E-state index in [0.29, 0.717) is 16.9 Å². The number of imidazole rings is 1. The van der Waals surface area contributed by atoms with Crippen LogP contribution in [0.5, 0.6) is 11.5 Å². The molecule has 2 aromatic carbocycles. The quantitative estimate of drug-likeness (QED) is 0.453. The molecule has 0 fully saturated rings. The van der Waals surface area contributed by atoms with Crippen LogP contribution >= 0.6 is 0 Å². The van der Waals surface area contributed by atoms with Gasteiger partial charge in [-0.05, 0) is 68.1 Å². The first kappa shape index (κ1) is 21.8. The summed E-state index contributed by atoms with van der Waals surface area (Å²) in [6.07, 6.45) is -0.919. The van der Waals surface area contributed by atoms with Crippen molar-refractivity contribution in [3.63, 3.8) is 0 Å². The minimum Gasteiger partial charge on any atom is -0.457 e. The maximum absolute atomic E-state index is 12.8. The van der Waals surface area contributed by atoms with Crippen LogP contribution in [-0.2, 0) is 16.2 Å². The number of aryl methyl sites for hydroxylation is 1. The van der Waals surface area contributed by atoms with Crippen molar-refractivity contribution in [2.24, 2.45) is 0 Å². The Morgan fingerprint density at radius 3 is 2.41 bits per heavy atom. The van der Waals surface area contributed by atoms with E-state index < -0.39 is 21.8 Å². The van der Waals surface area contributed by atoms with E-state index >= 15 is 0 Å². The zero-order valence-corrected chi connectivity index (χ0v) is 17.8. The maximum atomic E-state index is 12.8. The van der Waals surface area contributed by atoms with Crippen LogP contribution in [-0.4, -0.2) is 24.9 Å². The number of alkyl halides is 3. The molecule has 0 aliphatic carbocycles. The minimum absolute atomic E-state index is 0.00328. The highest BCUT2D eigenvalue weighted by Gasteiger charge is 2.30. The molecule has 0 bridgehead atoms. The number of nitrogens with one attached hydrogen (secondary N) is 1. The first-order valence-corrected chi connectivity index (χ1v) is 10.9. The second-order valence-corrected chi connectivity index (χ2v) is 8.92. The van der Waals surface area contributed by atoms with Gasteiger partial charge < -0.3 is 9.14 Å². The lowest BCUT2D eigenvalue weighted by atomic mass is 10.1. The average molecular weight is 461 g/mol. The molecule has 0 unspecified atom stereocenters. The molecule has 0 saturated carbocycles. The van der Waals surface area contributed by atoms with Gasteiger partial charge in [0.2, 0.25) is 10.0 Å². The third kappa shape index (κ3) is 4.19. The van der Waals surface area contributed by atoms with Crippen LogP contribution in [0.25, 0.3) is 16.9 Å². The molecule has 0 atom stereocenters. The summed E-state index contributed by atoms with van der Waals surface area (Å²) in [5.41, 5.74) is 1.64. The van der Waals surface area contributed by atoms with Crippen LogP contribution in [0, 0.1) is 6.92 Å². The smallest absolute Gasteiger partial charge is 0.416 e. The molecule has 2 aromatic heterocycles. The third-order valence-electron chi connectivity index (χ3n) is 4.89. The predicted molar refractivity (Wildman–Crippen MR) is 113 cm³/mol. The fourth-order valence-electron chi connectivity index (χ4n) is 3.21. The number of hydrogen-bond acceptors (Lipinski definition) is 4. The van der Waals surface area contributed by atoms with E-state index in [9.17, 15) is 21.6 Å². The van der Waals surface area contributed by atoms with Gasteiger partial charge in [0.1, 0.15) is 17.1 Å². The molecule has 0 saturated heterocycles. The van der Waals surface area contributed by atoms with Gasteiger partial charge in [0.15, 0.2) is 0 Å². The van der Waals surface area contributed by atoms with Gasteiger partial charge in [-0.15, -0.1) is 0 Å². The number of ether oxygens (including phenoxy) is 1. The Morgan fingerprint density at radius 2 is 1.78 bits per heavy atom. The zero-order chi connectivity index (χ0) is 23.1. The Kier molecular flexibility index (Phi) is 5.43. The van der Waals surface area contributed by atoms with Gasteiger partial charge in [0.25, 0.3) is 0 Å². The molecule has 1 N–H and O–H groups in total. The topological polar surface area (TPSA) is 72.7 Å². The van der Waals surface area contributed by atoms with E-state index in [1.807, 2.05) is 25.3 Å². The predicted octanol–water partition coefficient (Wildman–Crippen LogP) is 5.03. The summed E-state index contributed by atoms with van der Waals surface area (Å²) in [6.45, 7) is 1.90. The van der Waals surface area contributed by atoms with Gasteiger partial charge in [-0.3, -0.25) is 0 Å². The van der Waals surface area contributed by atoms with Crippen molar-refractivity contribution in [3.05, 3.63) is 78.1 Å². The molecule has 32 heavy (non-hydrogen) atoms. The Bertz CT molecular complexity index is 1400. The molecule has 166 valence electrons. The highest BCUT2D eigenvalue weighted by Crippen LogP contribution is 2.36. The molecule has 0 spiro atoms. The Hall–Kier alpha value is -3.37. The molecule has 0 aliphatic rings. The SMILES string of the molecule is CNS(=O)(=O)c1ccc(Oc2ccc(C(F)(F)F)cc2)c(-c2cn3cccc(C)c3n2)c1. The van der Waals surface area contributed by atoms with Gasteiger partial charge >= 0.3 is 6.18 Å². The van der Waals surface area contributed by atoms with Crippen LogP contribution < -0.4 is 9.46 Å². The molecule has 2 heterocycles. The number of hydrogen-bond donors (Lipinski definition) is 1. The first-order valence-electron chi connectivity index (χ1n) is 9.46. The fraction of sp³-hybridized carbons (Fsp3) is 0.136. The average Bonchev–Trinajstić information content (AvgIpc) is 3.19. The van der Waals surface area contributed by atoms with Crippen molar-refractivity contribution in [1.29, 1.82) is 0 Å². The van der Waals surface area contributed by atoms with Crippen molar-refractivity contribution in [2.75, 3.05) is 7.05 Å². The lowest BCUT2D eigenvalue weighted by Crippen LogP contribution is -2.18. The third-order valence-corrected chi connectivity index (χ3v) is 6.31. The molecule has 0 aliphatic heterocycles. The Balaban J connectivity index is 1.82. The van der Waals surface area contributed by atoms with Crippen LogP contribution in [0.3, 0.4) is 0 Å². The second-order valence-electron chi connectivity index (χ2n) is 7.04. The number of fused-ring (bicyclic) bond motifs is 1. The number of halogens is 3. The number of aromatic nitrogens is 2. The van der Waals surface area contributed by atoms with E-state index in [1.54, 1.807) is 10.6 Å². The van der Waals surface area contributed by atoms with Crippen molar-refractivity contribution >= 4 is 15.7 Å². The van der Waals surface area contributed by atoms with Crippen LogP contribution in [0.15, 0.2) is 71.9 Å². The molecule has 4 rings (SSSR count). The van der Waals surface area contributed by atoms with E-state index in [2.05, 4.69) is 9.71 Å². The molecule has 4 aromatic rings. The lowest BCUT2D eigenvalue weighted by Gasteiger charge is -2.13. The van der Waals surface area contributed by atoms with E-state index in [-0.39, 0.29) is 16.4 Å². The van der Waals surface area contributed by atoms with Gasteiger partial charge in [0, 0.05) is 18.0 Å². The van der Waals surface area contributed by atoms with Crippen molar-refractivity contribution in [3.8, 4) is 22.8 Å². The van der Waals surface area contributed by atoms with Crippen molar-refractivity contribution in [2.45, 2.75) is 18.0 Å². The van der Waals surface area contributed by atoms with Crippen molar-refractivity contribution in [1.82, 2.24) is 14.1 Å². The summed E-state index contributed by atoms with van der Waals surface area (Å²) in [5, 5.41) is 0. The minimum atomic E-state index is -4.46. The first-order chi connectivity index (χ1) is 15.1. The number of rotatable bonds is 5. The summed E-state index contributed by atoms with van der Waals surface area (Å²) in [4.78, 5) is 4.60.